The molecule has 80 valence electrons. The SMILES string of the molecule is CC1CCCCC1(NC1CC1)C(=O)O. The molecule has 0 amide bonds. The van der Waals surface area contributed by atoms with E-state index in [1.807, 2.05) is 0 Å². The Morgan fingerprint density at radius 2 is 2.07 bits per heavy atom. The molecule has 0 spiro atoms. The molecule has 2 unspecified atom stereocenters. The summed E-state index contributed by atoms with van der Waals surface area (Å²) in [7, 11) is 0. The van der Waals surface area contributed by atoms with Crippen LogP contribution in [-0.4, -0.2) is 22.7 Å². The van der Waals surface area contributed by atoms with Gasteiger partial charge in [0.25, 0.3) is 0 Å². The van der Waals surface area contributed by atoms with E-state index >= 15 is 0 Å². The van der Waals surface area contributed by atoms with E-state index in [9.17, 15) is 9.90 Å². The lowest BCUT2D eigenvalue weighted by molar-refractivity contribution is -0.149. The van der Waals surface area contributed by atoms with Gasteiger partial charge in [-0.05, 0) is 31.6 Å². The second-order valence-corrected chi connectivity index (χ2v) is 4.84. The van der Waals surface area contributed by atoms with Crippen LogP contribution < -0.4 is 5.32 Å². The van der Waals surface area contributed by atoms with Crippen molar-refractivity contribution >= 4 is 5.97 Å². The Bertz CT molecular complexity index is 237. The Hall–Kier alpha value is -0.570. The van der Waals surface area contributed by atoms with Crippen LogP contribution >= 0.6 is 0 Å². The minimum absolute atomic E-state index is 0.273. The zero-order valence-electron chi connectivity index (χ0n) is 8.75. The summed E-state index contributed by atoms with van der Waals surface area (Å²) in [6, 6.07) is 0.478. The third-order valence-corrected chi connectivity index (χ3v) is 3.72. The Kier molecular flexibility index (Phi) is 2.52. The molecule has 3 heteroatoms. The first-order chi connectivity index (χ1) is 6.65. The smallest absolute Gasteiger partial charge is 0.324 e. The van der Waals surface area contributed by atoms with Crippen molar-refractivity contribution in [2.75, 3.05) is 0 Å². The summed E-state index contributed by atoms with van der Waals surface area (Å²) in [5.41, 5.74) is -0.612. The molecule has 2 atom stereocenters. The molecule has 0 aromatic rings. The quantitative estimate of drug-likeness (QED) is 0.725. The second kappa shape index (κ2) is 3.54. The lowest BCUT2D eigenvalue weighted by Crippen LogP contribution is -2.58. The van der Waals surface area contributed by atoms with Crippen LogP contribution in [0.4, 0.5) is 0 Å². The molecule has 2 N–H and O–H groups in total. The predicted molar refractivity (Wildman–Crippen MR) is 54.2 cm³/mol. The first-order valence-corrected chi connectivity index (χ1v) is 5.66. The fraction of sp³-hybridized carbons (Fsp3) is 0.909. The van der Waals surface area contributed by atoms with Crippen molar-refractivity contribution in [3.8, 4) is 0 Å². The summed E-state index contributed by atoms with van der Waals surface area (Å²) in [5.74, 6) is -0.369. The first-order valence-electron chi connectivity index (χ1n) is 5.66. The zero-order chi connectivity index (χ0) is 10.2. The van der Waals surface area contributed by atoms with Crippen LogP contribution in [-0.2, 0) is 4.79 Å². The number of hydrogen-bond donors (Lipinski definition) is 2. The topological polar surface area (TPSA) is 49.3 Å². The number of aliphatic carboxylic acids is 1. The van der Waals surface area contributed by atoms with Crippen molar-refractivity contribution in [1.82, 2.24) is 5.32 Å². The van der Waals surface area contributed by atoms with Crippen LogP contribution in [0.5, 0.6) is 0 Å². The first kappa shape index (κ1) is 9.97. The van der Waals surface area contributed by atoms with Gasteiger partial charge in [0.2, 0.25) is 0 Å². The van der Waals surface area contributed by atoms with E-state index < -0.39 is 11.5 Å². The van der Waals surface area contributed by atoms with E-state index in [1.165, 1.54) is 6.42 Å². The van der Waals surface area contributed by atoms with Gasteiger partial charge < -0.3 is 5.11 Å². The van der Waals surface area contributed by atoms with Gasteiger partial charge in [0.15, 0.2) is 0 Å². The van der Waals surface area contributed by atoms with E-state index in [2.05, 4.69) is 12.2 Å². The van der Waals surface area contributed by atoms with E-state index in [4.69, 9.17) is 0 Å². The van der Waals surface area contributed by atoms with Crippen LogP contribution in [0.15, 0.2) is 0 Å². The molecular formula is C11H19NO2. The molecule has 2 aliphatic carbocycles. The van der Waals surface area contributed by atoms with Crippen molar-refractivity contribution in [3.05, 3.63) is 0 Å². The highest BCUT2D eigenvalue weighted by molar-refractivity contribution is 5.79. The van der Waals surface area contributed by atoms with Gasteiger partial charge in [0, 0.05) is 6.04 Å². The third kappa shape index (κ3) is 1.65. The molecule has 0 radical (unpaired) electrons. The monoisotopic (exact) mass is 197 g/mol. The largest absolute Gasteiger partial charge is 0.480 e. The van der Waals surface area contributed by atoms with Gasteiger partial charge in [-0.3, -0.25) is 10.1 Å². The van der Waals surface area contributed by atoms with Crippen LogP contribution in [0.25, 0.3) is 0 Å². The maximum atomic E-state index is 11.4. The molecule has 0 heterocycles. The fourth-order valence-electron chi connectivity index (χ4n) is 2.53. The highest BCUT2D eigenvalue weighted by atomic mass is 16.4. The van der Waals surface area contributed by atoms with E-state index in [1.54, 1.807) is 0 Å². The fourth-order valence-corrected chi connectivity index (χ4v) is 2.53. The number of hydrogen-bond acceptors (Lipinski definition) is 2. The number of carbonyl (C=O) groups is 1. The number of nitrogens with one attached hydrogen (secondary N) is 1. The minimum atomic E-state index is -0.642. The van der Waals surface area contributed by atoms with Gasteiger partial charge in [0.05, 0.1) is 0 Å². The van der Waals surface area contributed by atoms with Crippen molar-refractivity contribution in [2.24, 2.45) is 5.92 Å². The predicted octanol–water partition coefficient (Wildman–Crippen LogP) is 1.77. The summed E-state index contributed by atoms with van der Waals surface area (Å²) < 4.78 is 0. The number of rotatable bonds is 3. The van der Waals surface area contributed by atoms with Gasteiger partial charge in [-0.15, -0.1) is 0 Å². The van der Waals surface area contributed by atoms with Crippen molar-refractivity contribution in [1.29, 1.82) is 0 Å². The highest BCUT2D eigenvalue weighted by Crippen LogP contribution is 2.36. The van der Waals surface area contributed by atoms with Gasteiger partial charge >= 0.3 is 5.97 Å². The molecule has 3 nitrogen and oxygen atoms in total. The Morgan fingerprint density at radius 3 is 2.57 bits per heavy atom. The Labute approximate surface area is 84.9 Å². The second-order valence-electron chi connectivity index (χ2n) is 4.84. The molecule has 0 aromatic carbocycles. The van der Waals surface area contributed by atoms with Crippen LogP contribution in [0.1, 0.15) is 45.4 Å². The van der Waals surface area contributed by atoms with Gasteiger partial charge in [-0.25, -0.2) is 0 Å². The maximum absolute atomic E-state index is 11.4. The van der Waals surface area contributed by atoms with E-state index in [0.717, 1.165) is 32.1 Å². The summed E-state index contributed by atoms with van der Waals surface area (Å²) in [6.45, 7) is 2.07. The summed E-state index contributed by atoms with van der Waals surface area (Å²) in [4.78, 5) is 11.4. The van der Waals surface area contributed by atoms with Crippen molar-refractivity contribution in [2.45, 2.75) is 57.0 Å². The van der Waals surface area contributed by atoms with Gasteiger partial charge in [-0.1, -0.05) is 19.8 Å². The number of carboxylic acid groups (broad SMARTS) is 1. The molecule has 0 bridgehead atoms. The van der Waals surface area contributed by atoms with Crippen molar-refractivity contribution in [3.63, 3.8) is 0 Å². The molecular weight excluding hydrogens is 178 g/mol. The number of carboxylic acids is 1. The Balaban J connectivity index is 2.13. The molecule has 2 rings (SSSR count). The molecule has 2 fully saturated rings. The van der Waals surface area contributed by atoms with E-state index in [-0.39, 0.29) is 5.92 Å². The lowest BCUT2D eigenvalue weighted by atomic mass is 9.73. The normalized spacial score (nSPS) is 38.2. The average Bonchev–Trinajstić information content (AvgIpc) is 2.92. The lowest BCUT2D eigenvalue weighted by Gasteiger charge is -2.40. The molecule has 0 saturated heterocycles. The van der Waals surface area contributed by atoms with Gasteiger partial charge in [0.1, 0.15) is 5.54 Å². The molecule has 14 heavy (non-hydrogen) atoms. The van der Waals surface area contributed by atoms with Gasteiger partial charge in [-0.2, -0.15) is 0 Å². The zero-order valence-corrected chi connectivity index (χ0v) is 8.75. The standard InChI is InChI=1S/C11H19NO2/c1-8-4-2-3-7-11(8,10(13)14)12-9-5-6-9/h8-9,12H,2-7H2,1H3,(H,13,14). The van der Waals surface area contributed by atoms with Crippen LogP contribution in [0.2, 0.25) is 0 Å². The summed E-state index contributed by atoms with van der Waals surface area (Å²) in [5, 5.41) is 12.7. The summed E-state index contributed by atoms with van der Waals surface area (Å²) in [6.07, 6.45) is 6.40. The summed E-state index contributed by atoms with van der Waals surface area (Å²) >= 11 is 0. The maximum Gasteiger partial charge on any atom is 0.324 e. The molecule has 0 aromatic heterocycles. The van der Waals surface area contributed by atoms with E-state index in [0.29, 0.717) is 6.04 Å². The minimum Gasteiger partial charge on any atom is -0.480 e. The van der Waals surface area contributed by atoms with Crippen LogP contribution in [0.3, 0.4) is 0 Å². The average molecular weight is 197 g/mol. The molecule has 2 aliphatic rings. The van der Waals surface area contributed by atoms with Crippen molar-refractivity contribution < 1.29 is 9.90 Å². The highest BCUT2D eigenvalue weighted by Gasteiger charge is 2.47. The molecule has 2 saturated carbocycles. The third-order valence-electron chi connectivity index (χ3n) is 3.72. The van der Waals surface area contributed by atoms with Crippen LogP contribution in [0, 0.1) is 5.92 Å². The Morgan fingerprint density at radius 1 is 1.36 bits per heavy atom. The molecule has 0 aliphatic heterocycles.